The minimum absolute atomic E-state index is 0.0671. The molecule has 0 amide bonds. The van der Waals surface area contributed by atoms with Gasteiger partial charge >= 0.3 is 0 Å². The van der Waals surface area contributed by atoms with Crippen molar-refractivity contribution in [2.45, 2.75) is 43.7 Å². The largest absolute Gasteiger partial charge is 0.496 e. The van der Waals surface area contributed by atoms with Crippen molar-refractivity contribution in [2.24, 2.45) is 0 Å². The van der Waals surface area contributed by atoms with Crippen LogP contribution in [0.4, 0.5) is 0 Å². The zero-order valence-corrected chi connectivity index (χ0v) is 16.3. The number of methoxy groups -OCH3 is 1. The Hall–Kier alpha value is -2.41. The summed E-state index contributed by atoms with van der Waals surface area (Å²) in [6.45, 7) is 2.16. The maximum Gasteiger partial charge on any atom is 0.253 e. The number of carbonyl (C=O) groups excluding carboxylic acids is 1. The van der Waals surface area contributed by atoms with Crippen LogP contribution in [0.5, 0.6) is 5.75 Å². The Bertz CT molecular complexity index is 985. The number of hydrogen-bond acceptors (Lipinski definition) is 6. The first-order valence-corrected chi connectivity index (χ1v) is 10.2. The molecule has 2 aromatic heterocycles. The van der Waals surface area contributed by atoms with Crippen molar-refractivity contribution < 1.29 is 9.53 Å². The lowest BCUT2D eigenvalue weighted by Crippen LogP contribution is -2.21. The Labute approximate surface area is 162 Å². The number of Topliss-reactive ketones (excluding diaryl/α,β-unsaturated/α-hetero) is 1. The summed E-state index contributed by atoms with van der Waals surface area (Å²) in [6, 6.07) is 7.88. The molecule has 0 aliphatic heterocycles. The fourth-order valence-corrected chi connectivity index (χ4v) is 4.36. The molecule has 4 rings (SSSR count). The van der Waals surface area contributed by atoms with E-state index < -0.39 is 0 Å². The van der Waals surface area contributed by atoms with E-state index in [-0.39, 0.29) is 11.7 Å². The van der Waals surface area contributed by atoms with Crippen LogP contribution in [0.3, 0.4) is 0 Å². The van der Waals surface area contributed by atoms with Crippen LogP contribution in [0.15, 0.2) is 35.6 Å². The lowest BCUT2D eigenvalue weighted by molar-refractivity contribution is 0.0962. The molecule has 0 saturated heterocycles. The fraction of sp³-hybridized carbons (Fsp3) is 0.400. The van der Waals surface area contributed by atoms with Crippen LogP contribution < -0.4 is 4.74 Å². The number of hydrogen-bond donors (Lipinski definition) is 0. The quantitative estimate of drug-likeness (QED) is 0.475. The molecule has 27 heavy (non-hydrogen) atoms. The number of rotatable bonds is 6. The molecule has 7 heteroatoms. The Morgan fingerprint density at radius 2 is 2.11 bits per heavy atom. The highest BCUT2D eigenvalue weighted by molar-refractivity contribution is 7.99. The van der Waals surface area contributed by atoms with Crippen LogP contribution in [0.1, 0.15) is 53.7 Å². The summed E-state index contributed by atoms with van der Waals surface area (Å²) >= 11 is 1.63. The summed E-state index contributed by atoms with van der Waals surface area (Å²) in [5, 5.41) is 5.18. The van der Waals surface area contributed by atoms with Crippen LogP contribution in [0.2, 0.25) is 0 Å². The van der Waals surface area contributed by atoms with Crippen molar-refractivity contribution in [1.82, 2.24) is 19.6 Å². The second kappa shape index (κ2) is 7.68. The molecule has 1 atom stereocenters. The number of benzene rings is 1. The summed E-state index contributed by atoms with van der Waals surface area (Å²) in [5.41, 5.74) is 2.51. The molecule has 2 heterocycles. The highest BCUT2D eigenvalue weighted by Crippen LogP contribution is 2.36. The van der Waals surface area contributed by atoms with E-state index >= 15 is 0 Å². The van der Waals surface area contributed by atoms with Gasteiger partial charge in [0.05, 0.1) is 18.4 Å². The number of aromatic nitrogens is 4. The van der Waals surface area contributed by atoms with E-state index in [1.165, 1.54) is 0 Å². The van der Waals surface area contributed by atoms with Gasteiger partial charge in [-0.2, -0.15) is 4.98 Å². The van der Waals surface area contributed by atoms with Crippen LogP contribution in [0.25, 0.3) is 5.78 Å². The van der Waals surface area contributed by atoms with Gasteiger partial charge < -0.3 is 4.74 Å². The van der Waals surface area contributed by atoms with E-state index in [0.717, 1.165) is 35.6 Å². The number of ketones is 1. The lowest BCUT2D eigenvalue weighted by atomic mass is 9.82. The molecule has 1 aliphatic carbocycles. The Kier molecular flexibility index (Phi) is 5.11. The molecular weight excluding hydrogens is 360 g/mol. The first-order chi connectivity index (χ1) is 13.2. The van der Waals surface area contributed by atoms with E-state index in [2.05, 4.69) is 22.0 Å². The molecule has 0 radical (unpaired) electrons. The van der Waals surface area contributed by atoms with Crippen molar-refractivity contribution in [3.8, 4) is 5.75 Å². The maximum atomic E-state index is 12.8. The summed E-state index contributed by atoms with van der Waals surface area (Å²) in [6.07, 6.45) is 5.21. The molecule has 0 spiro atoms. The molecule has 0 N–H and O–H groups in total. The number of ether oxygens (including phenoxy) is 1. The van der Waals surface area contributed by atoms with E-state index in [1.807, 2.05) is 24.3 Å². The van der Waals surface area contributed by atoms with E-state index in [1.54, 1.807) is 29.6 Å². The van der Waals surface area contributed by atoms with Gasteiger partial charge in [-0.3, -0.25) is 4.79 Å². The molecule has 0 bridgehead atoms. The number of thioether (sulfide) groups is 1. The van der Waals surface area contributed by atoms with Crippen molar-refractivity contribution in [3.63, 3.8) is 0 Å². The highest BCUT2D eigenvalue weighted by Gasteiger charge is 2.30. The normalized spacial score (nSPS) is 16.5. The SMILES string of the molecule is CCCCSc1nc2nc3c(cn2n1)C(=O)CC(c1ccccc1OC)C3. The standard InChI is InChI=1S/C20H22N4O2S/c1-3-4-9-27-20-22-19-21-16-10-13(14-7-5-6-8-18(14)26-2)11-17(25)15(16)12-24(19)23-20/h5-8,12-13H,3-4,9-11H2,1-2H3. The van der Waals surface area contributed by atoms with Gasteiger partial charge in [0.15, 0.2) is 5.78 Å². The molecule has 1 unspecified atom stereocenters. The van der Waals surface area contributed by atoms with Crippen molar-refractivity contribution in [1.29, 1.82) is 0 Å². The number of carbonyl (C=O) groups is 1. The monoisotopic (exact) mass is 382 g/mol. The number of unbranched alkanes of at least 4 members (excludes halogenated alkanes) is 1. The Morgan fingerprint density at radius 3 is 2.93 bits per heavy atom. The van der Waals surface area contributed by atoms with E-state index in [9.17, 15) is 4.79 Å². The molecule has 1 aliphatic rings. The van der Waals surface area contributed by atoms with E-state index in [0.29, 0.717) is 29.3 Å². The van der Waals surface area contributed by atoms with Gasteiger partial charge in [-0.1, -0.05) is 43.3 Å². The first kappa shape index (κ1) is 18.0. The first-order valence-electron chi connectivity index (χ1n) is 9.24. The van der Waals surface area contributed by atoms with Crippen LogP contribution in [-0.2, 0) is 6.42 Å². The molecule has 0 fully saturated rings. The summed E-state index contributed by atoms with van der Waals surface area (Å²) in [4.78, 5) is 22.0. The third kappa shape index (κ3) is 3.56. The molecule has 3 aromatic rings. The molecule has 140 valence electrons. The van der Waals surface area contributed by atoms with Gasteiger partial charge in [0.1, 0.15) is 5.75 Å². The zero-order valence-electron chi connectivity index (χ0n) is 15.5. The minimum Gasteiger partial charge on any atom is -0.496 e. The van der Waals surface area contributed by atoms with Crippen LogP contribution in [-0.4, -0.2) is 38.2 Å². The number of para-hydroxylation sites is 1. The molecule has 0 saturated carbocycles. The topological polar surface area (TPSA) is 69.4 Å². The van der Waals surface area contributed by atoms with E-state index in [4.69, 9.17) is 4.74 Å². The summed E-state index contributed by atoms with van der Waals surface area (Å²) < 4.78 is 7.11. The predicted octanol–water partition coefficient (Wildman–Crippen LogP) is 3.94. The summed E-state index contributed by atoms with van der Waals surface area (Å²) in [7, 11) is 1.66. The zero-order chi connectivity index (χ0) is 18.8. The van der Waals surface area contributed by atoms with Crippen molar-refractivity contribution >= 4 is 23.3 Å². The minimum atomic E-state index is 0.0671. The van der Waals surface area contributed by atoms with Crippen molar-refractivity contribution in [2.75, 3.05) is 12.9 Å². The van der Waals surface area contributed by atoms with Gasteiger partial charge in [-0.25, -0.2) is 9.50 Å². The van der Waals surface area contributed by atoms with Gasteiger partial charge in [-0.15, -0.1) is 5.10 Å². The lowest BCUT2D eigenvalue weighted by Gasteiger charge is -2.24. The predicted molar refractivity (Wildman–Crippen MR) is 105 cm³/mol. The second-order valence-electron chi connectivity index (χ2n) is 6.71. The highest BCUT2D eigenvalue weighted by atomic mass is 32.2. The third-order valence-electron chi connectivity index (χ3n) is 4.87. The van der Waals surface area contributed by atoms with Gasteiger partial charge in [-0.05, 0) is 24.5 Å². The summed E-state index contributed by atoms with van der Waals surface area (Å²) in [5.74, 6) is 2.52. The molecular formula is C20H22N4O2S. The Balaban J connectivity index is 1.65. The van der Waals surface area contributed by atoms with Crippen LogP contribution in [0, 0.1) is 0 Å². The van der Waals surface area contributed by atoms with Gasteiger partial charge in [0.2, 0.25) is 5.16 Å². The average molecular weight is 382 g/mol. The fourth-order valence-electron chi connectivity index (χ4n) is 3.46. The molecule has 6 nitrogen and oxygen atoms in total. The molecule has 1 aromatic carbocycles. The third-order valence-corrected chi connectivity index (χ3v) is 5.79. The van der Waals surface area contributed by atoms with Crippen molar-refractivity contribution in [3.05, 3.63) is 47.3 Å². The van der Waals surface area contributed by atoms with Gasteiger partial charge in [0, 0.05) is 24.3 Å². The van der Waals surface area contributed by atoms with Gasteiger partial charge in [0.25, 0.3) is 5.78 Å². The number of nitrogens with zero attached hydrogens (tertiary/aromatic N) is 4. The van der Waals surface area contributed by atoms with Crippen LogP contribution >= 0.6 is 11.8 Å². The smallest absolute Gasteiger partial charge is 0.253 e. The maximum absolute atomic E-state index is 12.8. The number of fused-ring (bicyclic) bond motifs is 2. The average Bonchev–Trinajstić information content (AvgIpc) is 3.08. The second-order valence-corrected chi connectivity index (χ2v) is 7.77. The Morgan fingerprint density at radius 1 is 1.26 bits per heavy atom.